The lowest BCUT2D eigenvalue weighted by molar-refractivity contribution is 0.873. The summed E-state index contributed by atoms with van der Waals surface area (Å²) in [5, 5.41) is 1.42. The number of aryl methyl sites for hydroxylation is 1. The molecule has 0 aliphatic rings. The van der Waals surface area contributed by atoms with Gasteiger partial charge in [0.1, 0.15) is 0 Å². The Kier molecular flexibility index (Phi) is 22.7. The number of hydrogen-bond acceptors (Lipinski definition) is 0. The van der Waals surface area contributed by atoms with Crippen LogP contribution in [-0.4, -0.2) is 26.0 Å². The van der Waals surface area contributed by atoms with Gasteiger partial charge in [-0.1, -0.05) is 213 Å². The molecular weight excluding hydrogens is 1490 g/mol. The first-order valence-corrected chi connectivity index (χ1v) is 57.2. The van der Waals surface area contributed by atoms with Crippen molar-refractivity contribution in [2.45, 2.75) is 33.1 Å². The number of halogens is 14. The van der Waals surface area contributed by atoms with E-state index >= 15 is 0 Å². The van der Waals surface area contributed by atoms with Crippen molar-refractivity contribution in [2.75, 3.05) is 0 Å². The topological polar surface area (TPSA) is 0 Å². The molecule has 0 heterocycles. The largest absolute Gasteiger partial charge is 0.277 e. The Morgan fingerprint density at radius 3 is 1.30 bits per heavy atom. The summed E-state index contributed by atoms with van der Waals surface area (Å²) in [4.78, 5) is 0. The smallest absolute Gasteiger partial charge is 0.121 e. The van der Waals surface area contributed by atoms with Crippen molar-refractivity contribution in [1.29, 1.82) is 0 Å². The van der Waals surface area contributed by atoms with E-state index in [2.05, 4.69) is 283 Å². The van der Waals surface area contributed by atoms with Gasteiger partial charge < -0.3 is 0 Å². The highest BCUT2D eigenvalue weighted by Crippen LogP contribution is 2.52. The summed E-state index contributed by atoms with van der Waals surface area (Å²) in [5.74, 6) is 0.494. The fourth-order valence-electron chi connectivity index (χ4n) is 2.60. The van der Waals surface area contributed by atoms with Gasteiger partial charge in [-0.3, -0.25) is 0 Å². The van der Waals surface area contributed by atoms with Crippen LogP contribution in [0.4, 0.5) is 0 Å². The molecule has 37 heavy (non-hydrogen) atoms. The van der Waals surface area contributed by atoms with E-state index in [0.29, 0.717) is 5.92 Å². The number of benzene rings is 2. The summed E-state index contributed by atoms with van der Waals surface area (Å²) in [5.41, 5.74) is 0.114. The summed E-state index contributed by atoms with van der Waals surface area (Å²) >= 11 is 52.8. The third-order valence-electron chi connectivity index (χ3n) is 4.58. The van der Waals surface area contributed by atoms with Crippen LogP contribution in [0.5, 0.6) is 0 Å². The zero-order valence-electron chi connectivity index (χ0n) is 19.3. The van der Waals surface area contributed by atoms with E-state index in [-0.39, 0.29) is 0 Å². The average molecular weight is 1510 g/mol. The molecule has 0 unspecified atom stereocenters. The van der Waals surface area contributed by atoms with Crippen molar-refractivity contribution in [1.82, 2.24) is 0 Å². The van der Waals surface area contributed by atoms with Crippen LogP contribution >= 0.6 is 214 Å². The molecule has 0 saturated carbocycles. The second-order valence-electron chi connectivity index (χ2n) is 7.57. The van der Waals surface area contributed by atoms with Crippen molar-refractivity contribution in [2.24, 2.45) is 0 Å². The zero-order valence-corrected chi connectivity index (χ0v) is 47.5. The van der Waals surface area contributed by atoms with E-state index < -0.39 is 26.0 Å². The molecule has 0 aliphatic carbocycles. The van der Waals surface area contributed by atoms with Crippen LogP contribution in [0.3, 0.4) is 0 Å². The van der Waals surface area contributed by atoms with Gasteiger partial charge in [0, 0.05) is 0 Å². The van der Waals surface area contributed by atoms with E-state index in [9.17, 15) is 0 Å². The molecule has 0 fully saturated rings. The van der Waals surface area contributed by atoms with Crippen molar-refractivity contribution < 1.29 is 0 Å². The molecule has 0 atom stereocenters. The Balaban J connectivity index is 0.000000599. The normalized spacial score (nSPS) is 13.1. The average Bonchev–Trinajstić information content (AvgIpc) is 2.77. The van der Waals surface area contributed by atoms with E-state index in [0.717, 1.165) is 6.42 Å². The van der Waals surface area contributed by atoms with Crippen molar-refractivity contribution in [3.63, 3.8) is 0 Å². The molecule has 211 valence electrons. The van der Waals surface area contributed by atoms with Crippen LogP contribution in [0, 0.1) is 0 Å². The highest BCUT2D eigenvalue weighted by molar-refractivity contribution is 9.84. The highest BCUT2D eigenvalue weighted by Gasteiger charge is 2.65. The van der Waals surface area contributed by atoms with Crippen molar-refractivity contribution in [3.8, 4) is 0 Å². The molecule has 0 saturated heterocycles. The predicted molar refractivity (Wildman–Crippen MR) is 235 cm³/mol. The molecule has 2 aromatic carbocycles. The van der Waals surface area contributed by atoms with Crippen LogP contribution in [0.1, 0.15) is 37.8 Å². The molecule has 1 radical (unpaired) electrons. The standard InChI is InChI=1S/C9H11Br7Si3.C8H10.Br7Si3/c1-7(2)8-5-3-4-6-9(8)17(10,18(11,12)13)19(14,15)16;1-2-8-6-4-3-5-7-8;1-8(2)10(6,7)9(3,4)5/h3-7H,1-2H3;3-7H,2H2,1H3;. The van der Waals surface area contributed by atoms with Gasteiger partial charge in [-0.25, -0.2) is 0 Å². The van der Waals surface area contributed by atoms with Gasteiger partial charge in [-0.15, -0.1) is 76.5 Å². The van der Waals surface area contributed by atoms with Crippen LogP contribution in [-0.2, 0) is 6.42 Å². The third kappa shape index (κ3) is 14.0. The maximum atomic E-state index is 4.13. The lowest BCUT2D eigenvalue weighted by Crippen LogP contribution is -2.68. The summed E-state index contributed by atoms with van der Waals surface area (Å²) in [7, 11) is 0. The molecule has 0 nitrogen and oxygen atoms in total. The Labute approximate surface area is 337 Å². The highest BCUT2D eigenvalue weighted by atomic mass is 80.0. The molecule has 2 aromatic rings. The second-order valence-corrected chi connectivity index (χ2v) is 154. The third-order valence-corrected chi connectivity index (χ3v) is 232. The van der Waals surface area contributed by atoms with Gasteiger partial charge >= 0.3 is 0 Å². The number of hydrogen-bond donors (Lipinski definition) is 0. The fourth-order valence-corrected chi connectivity index (χ4v) is 215. The van der Waals surface area contributed by atoms with Crippen LogP contribution in [0.25, 0.3) is 0 Å². The molecule has 0 amide bonds. The number of rotatable bonds is 7. The van der Waals surface area contributed by atoms with Crippen molar-refractivity contribution >= 4 is 245 Å². The van der Waals surface area contributed by atoms with Crippen LogP contribution in [0.2, 0.25) is 0 Å². The Hall–Kier alpha value is 6.46. The van der Waals surface area contributed by atoms with Gasteiger partial charge in [-0.05, 0) is 28.7 Å². The molecule has 0 spiro atoms. The quantitative estimate of drug-likeness (QED) is 0.191. The summed E-state index contributed by atoms with van der Waals surface area (Å²) < 4.78 is -7.02. The minimum absolute atomic E-state index is 0.494. The zero-order chi connectivity index (χ0) is 29.5. The van der Waals surface area contributed by atoms with Gasteiger partial charge in [0.2, 0.25) is 15.6 Å². The maximum absolute atomic E-state index is 4.13. The van der Waals surface area contributed by atoms with E-state index in [4.69, 9.17) is 0 Å². The fraction of sp³-hybridized carbons (Fsp3) is 0.294. The van der Waals surface area contributed by atoms with Gasteiger partial charge in [0.25, 0.3) is 10.3 Å². The van der Waals surface area contributed by atoms with E-state index in [1.807, 2.05) is 6.07 Å². The molecule has 20 heteroatoms. The molecule has 2 rings (SSSR count). The lowest BCUT2D eigenvalue weighted by Gasteiger charge is -2.38. The molecule has 0 N–H and O–H groups in total. The van der Waals surface area contributed by atoms with Crippen molar-refractivity contribution in [3.05, 3.63) is 65.7 Å². The van der Waals surface area contributed by atoms with Crippen LogP contribution in [0.15, 0.2) is 54.6 Å². The second kappa shape index (κ2) is 19.3. The first-order valence-electron chi connectivity index (χ1n) is 10.1. The van der Waals surface area contributed by atoms with E-state index in [1.165, 1.54) is 16.3 Å². The first kappa shape index (κ1) is 43.5. The van der Waals surface area contributed by atoms with Crippen LogP contribution < -0.4 is 5.19 Å². The summed E-state index contributed by atoms with van der Waals surface area (Å²) in [6.45, 7) is 6.64. The Morgan fingerprint density at radius 2 is 1.03 bits per heavy atom. The Morgan fingerprint density at radius 1 is 0.622 bits per heavy atom. The first-order chi connectivity index (χ1) is 16.6. The molecular formula is C17H21Br14Si6. The molecule has 0 aliphatic heterocycles. The monoisotopic (exact) mass is 1500 g/mol. The lowest BCUT2D eigenvalue weighted by atomic mass is 10.0. The maximum Gasteiger partial charge on any atom is 0.277 e. The van der Waals surface area contributed by atoms with Gasteiger partial charge in [0.05, 0.1) is 0 Å². The van der Waals surface area contributed by atoms with Gasteiger partial charge in [0.15, 0.2) is 0 Å². The minimum Gasteiger partial charge on any atom is -0.121 e. The predicted octanol–water partition coefficient (Wildman–Crippen LogP) is 13.8. The molecule has 0 aromatic heterocycles. The molecule has 0 bridgehead atoms. The van der Waals surface area contributed by atoms with E-state index in [1.54, 1.807) is 0 Å². The Bertz CT molecular complexity index is 930. The minimum atomic E-state index is -2.05. The summed E-state index contributed by atoms with van der Waals surface area (Å²) in [6.07, 6.45) is 1.14. The summed E-state index contributed by atoms with van der Waals surface area (Å²) in [6, 6.07) is 19.2. The SMILES string of the molecule is Br[Si](Br)[Si](Br)(Br)[Si](Br)(Br)Br.CC(C)c1ccccc1[Si](Br)([Si](Br)(Br)Br)[Si](Br)(Br)Br.CCc1ccccc1. The van der Waals surface area contributed by atoms with Gasteiger partial charge in [-0.2, -0.15) is 0 Å².